The van der Waals surface area contributed by atoms with Crippen molar-refractivity contribution in [1.82, 2.24) is 44.3 Å². The van der Waals surface area contributed by atoms with Crippen LogP contribution in [0.3, 0.4) is 0 Å². The van der Waals surface area contributed by atoms with Crippen LogP contribution in [0.1, 0.15) is 26.3 Å². The van der Waals surface area contributed by atoms with E-state index in [0.717, 1.165) is 119 Å². The van der Waals surface area contributed by atoms with Crippen molar-refractivity contribution in [3.8, 4) is 57.5 Å². The van der Waals surface area contributed by atoms with Gasteiger partial charge in [-0.05, 0) is 124 Å². The normalized spacial score (nSPS) is 15.1. The molecule has 11 heterocycles. The third-order valence-corrected chi connectivity index (χ3v) is 22.9. The zero-order valence-corrected chi connectivity index (χ0v) is 93.7. The number of rotatable bonds is 21. The van der Waals surface area contributed by atoms with Gasteiger partial charge < -0.3 is 122 Å². The number of fused-ring (bicyclic) bond motifs is 2. The van der Waals surface area contributed by atoms with Crippen molar-refractivity contribution >= 4 is 85.6 Å². The predicted octanol–water partition coefficient (Wildman–Crippen LogP) is 21.4. The minimum absolute atomic E-state index is 0. The van der Waals surface area contributed by atoms with Gasteiger partial charge in [0.05, 0.1) is 33.3 Å². The number of nitrogens with zero attached hydrogens (tertiary/aromatic N) is 22. The molecule has 0 aliphatic carbocycles. The Kier molecular flexibility index (Phi) is 37.0. The summed E-state index contributed by atoms with van der Waals surface area (Å²) in [6.07, 6.45) is 40.9. The summed E-state index contributed by atoms with van der Waals surface area (Å²) < 4.78 is 30.3. The van der Waals surface area contributed by atoms with Crippen molar-refractivity contribution in [3.63, 3.8) is 0 Å². The first-order valence-corrected chi connectivity index (χ1v) is 46.0. The maximum atomic E-state index is 6.20. The molecule has 0 fully saturated rings. The van der Waals surface area contributed by atoms with E-state index in [9.17, 15) is 0 Å². The molecule has 0 amide bonds. The minimum atomic E-state index is -0.0112. The fourth-order valence-electron chi connectivity index (χ4n) is 15.8. The summed E-state index contributed by atoms with van der Waals surface area (Å²) in [5, 5.41) is 0. The van der Waals surface area contributed by atoms with E-state index in [1.54, 1.807) is 12.4 Å². The first-order valence-electron chi connectivity index (χ1n) is 46.0. The topological polar surface area (TPSA) is 137 Å². The number of hydrogen-bond acceptors (Lipinski definition) is 27. The summed E-state index contributed by atoms with van der Waals surface area (Å²) in [7, 11) is 18.0. The van der Waals surface area contributed by atoms with E-state index in [-0.39, 0.29) is 111 Å². The average molecular weight is 2850 g/mol. The van der Waals surface area contributed by atoms with Crippen LogP contribution in [-0.4, -0.2) is 141 Å². The summed E-state index contributed by atoms with van der Waals surface area (Å²) in [5.74, 6) is 8.00. The third kappa shape index (κ3) is 27.7. The quantitative estimate of drug-likeness (QED) is 0.0630. The molecule has 23 rings (SSSR count). The molecule has 0 saturated carbocycles. The van der Waals surface area contributed by atoms with Crippen LogP contribution < -0.4 is 87.4 Å². The molecule has 0 spiro atoms. The summed E-state index contributed by atoms with van der Waals surface area (Å²) >= 11 is 0. The second-order valence-electron chi connectivity index (χ2n) is 35.3. The molecule has 0 bridgehead atoms. The number of ether oxygens (including phenoxy) is 5. The molecule has 147 heavy (non-hydrogen) atoms. The van der Waals surface area contributed by atoms with E-state index in [1.807, 2.05) is 416 Å². The Morgan fingerprint density at radius 1 is 0.259 bits per heavy atom. The molecule has 752 valence electrons. The number of benzene rings is 12. The first-order chi connectivity index (χ1) is 69.0. The van der Waals surface area contributed by atoms with Gasteiger partial charge in [0, 0.05) is 93.4 Å². The molecule has 0 unspecified atom stereocenters. The van der Waals surface area contributed by atoms with Gasteiger partial charge in [0.2, 0.25) is 0 Å². The molecule has 32 heteroatoms. The fourth-order valence-corrected chi connectivity index (χ4v) is 15.8. The van der Waals surface area contributed by atoms with Gasteiger partial charge >= 0.3 is 105 Å². The van der Waals surface area contributed by atoms with Crippen LogP contribution in [0.5, 0.6) is 57.5 Å². The summed E-state index contributed by atoms with van der Waals surface area (Å²) in [5.41, 5.74) is 13.7. The van der Waals surface area contributed by atoms with Crippen LogP contribution in [0.4, 0.5) is 85.6 Å². The van der Waals surface area contributed by atoms with Crippen LogP contribution in [0.2, 0.25) is 0 Å². The molecule has 0 atom stereocenters. The van der Waals surface area contributed by atoms with Crippen LogP contribution in [-0.2, 0) is 111 Å². The molecule has 0 N–H and O–H groups in total. The van der Waals surface area contributed by atoms with Gasteiger partial charge in [-0.25, -0.2) is 99.1 Å². The van der Waals surface area contributed by atoms with Crippen LogP contribution in [0.25, 0.3) is 0 Å². The average Bonchev–Trinajstić information content (AvgIpc) is 1.65. The van der Waals surface area contributed by atoms with Gasteiger partial charge in [0.1, 0.15) is 11.6 Å². The second-order valence-corrected chi connectivity index (χ2v) is 35.3. The van der Waals surface area contributed by atoms with Gasteiger partial charge in [0.25, 0.3) is 0 Å². The molecule has 1 aromatic heterocycles. The Morgan fingerprint density at radius 3 is 0.912 bits per heavy atom. The zero-order chi connectivity index (χ0) is 97.7. The number of hydrogen-bond donors (Lipinski definition) is 0. The van der Waals surface area contributed by atoms with Crippen LogP contribution in [0, 0.1) is 125 Å². The van der Waals surface area contributed by atoms with Crippen LogP contribution >= 0.6 is 0 Å². The Bertz CT molecular complexity index is 6640. The molecular weight excluding hydrogens is 2740 g/mol. The van der Waals surface area contributed by atoms with Gasteiger partial charge in [-0.1, -0.05) is 87.8 Å². The molecule has 13 aromatic rings. The van der Waals surface area contributed by atoms with E-state index in [1.165, 1.54) is 5.56 Å². The van der Waals surface area contributed by atoms with Crippen molar-refractivity contribution in [2.75, 3.05) is 160 Å². The van der Waals surface area contributed by atoms with Crippen molar-refractivity contribution in [2.24, 2.45) is 0 Å². The van der Waals surface area contributed by atoms with Crippen molar-refractivity contribution in [1.29, 1.82) is 0 Å². The van der Waals surface area contributed by atoms with Crippen molar-refractivity contribution in [3.05, 3.63) is 442 Å². The maximum absolute atomic E-state index is 6.20. The molecule has 10 aliphatic rings. The number of para-hydroxylation sites is 3. The van der Waals surface area contributed by atoms with E-state index >= 15 is 0 Å². The zero-order valence-electron chi connectivity index (χ0n) is 82.3. The predicted molar refractivity (Wildman–Crippen MR) is 557 cm³/mol. The summed E-state index contributed by atoms with van der Waals surface area (Å²) in [6, 6.07) is 109. The van der Waals surface area contributed by atoms with Gasteiger partial charge in [-0.15, -0.1) is 163 Å². The fraction of sp³-hybridized carbons (Fsp3) is 0.157. The van der Waals surface area contributed by atoms with Crippen molar-refractivity contribution in [2.45, 2.75) is 26.2 Å². The molecular formula is C115H102N22O5Pt5. The van der Waals surface area contributed by atoms with E-state index in [4.69, 9.17) is 23.7 Å². The first kappa shape index (κ1) is 109. The largest absolute Gasteiger partial charge is 4.00 e. The van der Waals surface area contributed by atoms with Gasteiger partial charge in [-0.3, -0.25) is 0 Å². The third-order valence-electron chi connectivity index (χ3n) is 22.9. The Morgan fingerprint density at radius 2 is 0.551 bits per heavy atom. The Labute approximate surface area is 936 Å². The SMILES string of the molecule is CN1C=CN(c2[c-]c(Oc3[c-]c(N4[C-]=CN(C)C4)ccc3)cc(C(C)(C)C)c2)[CH-]1.CN1C=CN(c2[c-]c(Oc3[c-]c(N4[C-]=CN(C)C4)ccc3)ccc2)[CH-]1.CN1C=[C-]N(c2[c-]c(Oc3[c-]c(N4C=CN(c5ccccc5)[CH-]4)ccc3)ccc2)C1.CN1C=[C-]N(c2[c-]c(Oc3[c-]c(N4[CH-]N(C)c5ccccc54)ccc3)ccc2)C1.CN1C=[C-]N(c2[c-]c(Oc3[c-]c(N4[CH-]N(C)c5nccnc54)ccc3)ccc2)C1.[Pt+4].[Pt+4].[Pt+4].[Pt+4].[Pt+4]. The van der Waals surface area contributed by atoms with E-state index in [0.29, 0.717) is 57.5 Å². The van der Waals surface area contributed by atoms with Crippen molar-refractivity contribution < 1.29 is 129 Å². The second kappa shape index (κ2) is 50.0. The van der Waals surface area contributed by atoms with Crippen LogP contribution in [0.15, 0.2) is 311 Å². The smallest absolute Gasteiger partial charge is 0.514 e. The van der Waals surface area contributed by atoms with E-state index in [2.05, 4.69) is 200 Å². The maximum Gasteiger partial charge on any atom is 4.00 e. The molecule has 10 aliphatic heterocycles. The summed E-state index contributed by atoms with van der Waals surface area (Å²) in [6.45, 7) is 20.3. The number of anilines is 15. The Hall–Kier alpha value is -13.9. The van der Waals surface area contributed by atoms with Gasteiger partial charge in [-0.2, -0.15) is 106 Å². The molecule has 12 aromatic carbocycles. The molecule has 0 radical (unpaired) electrons. The molecule has 0 saturated heterocycles. The standard InChI is InChI=1S/C25H20N4O.C24H20N4O.C24H26N4O.C22H18N6O.C20H18N4O.5Pt/c1-26-13-14-27(19-26)22-9-5-11-24(17-22)30-25-12-6-10-23(18-25)29-16-15-28(20-29)21-7-3-2-4-8-21;1-25-13-14-27(17-25)19-7-5-9-21(15-19)29-22-10-6-8-20(16-22)28-18-26(2)23-11-3-4-12-24(23)28;1-24(2,3)19-13-21(28-12-10-26(5)18-28)16-23(14-19)29-22-8-6-7-20(15-22)27-11-9-25(4)17-27;1-25-11-12-27(15-25)17-5-3-7-19(13-17)29-20-8-4-6-18(14-20)28-16-26(2)21-22(28)24-10-9-23-21;1-21-9-11-23(15-21)17-5-3-7-19(13-17)25-20-8-4-6-18(14-20)24-12-10-22(2)16-24;;;;;/h2-13,15-16,20H,19H2,1H3;3-13,18H,17H2,1-2H3;6-10,12-14,18H,17H2,1-5H3;3-11,16H,15H2,1-2H3;3-11,15H,16H2,1-2H3;;;;;/q5*-4;5*+4. The number of aromatic nitrogens is 2. The summed E-state index contributed by atoms with van der Waals surface area (Å²) in [4.78, 5) is 49.3. The Balaban J connectivity index is 0.000000144. The minimum Gasteiger partial charge on any atom is -0.514 e. The van der Waals surface area contributed by atoms with Gasteiger partial charge in [0.15, 0.2) is 0 Å². The van der Waals surface area contributed by atoms with E-state index < -0.39 is 0 Å². The molecule has 27 nitrogen and oxygen atoms in total. The monoisotopic (exact) mass is 2850 g/mol.